The minimum absolute atomic E-state index is 0.0582. The van der Waals surface area contributed by atoms with Crippen molar-refractivity contribution in [3.05, 3.63) is 53.6 Å². The molecule has 2 aliphatic heterocycles. The van der Waals surface area contributed by atoms with Gasteiger partial charge in [-0.3, -0.25) is 14.5 Å². The predicted octanol–water partition coefficient (Wildman–Crippen LogP) is 4.38. The molecule has 0 N–H and O–H groups in total. The Bertz CT molecular complexity index is 1020. The number of carbonyl (C=O) groups is 3. The first-order chi connectivity index (χ1) is 15.0. The predicted molar refractivity (Wildman–Crippen MR) is 120 cm³/mol. The first-order valence-electron chi connectivity index (χ1n) is 10.7. The van der Waals surface area contributed by atoms with E-state index in [2.05, 4.69) is 6.92 Å². The molecule has 162 valence electrons. The van der Waals surface area contributed by atoms with Gasteiger partial charge in [0.25, 0.3) is 5.91 Å². The second kappa shape index (κ2) is 9.14. The molecular formula is C24H26N2O4S. The number of amides is 2. The van der Waals surface area contributed by atoms with Crippen molar-refractivity contribution < 1.29 is 19.1 Å². The van der Waals surface area contributed by atoms with Crippen LogP contribution in [0.1, 0.15) is 53.8 Å². The largest absolute Gasteiger partial charge is 0.462 e. The molecule has 6 nitrogen and oxygen atoms in total. The van der Waals surface area contributed by atoms with Gasteiger partial charge in [0.05, 0.1) is 23.4 Å². The van der Waals surface area contributed by atoms with Crippen LogP contribution in [0.4, 0.5) is 5.69 Å². The molecule has 1 unspecified atom stereocenters. The molecule has 7 heteroatoms. The van der Waals surface area contributed by atoms with E-state index in [1.54, 1.807) is 25.1 Å². The van der Waals surface area contributed by atoms with Crippen LogP contribution in [-0.2, 0) is 9.53 Å². The fourth-order valence-electron chi connectivity index (χ4n) is 4.11. The quantitative estimate of drug-likeness (QED) is 0.663. The summed E-state index contributed by atoms with van der Waals surface area (Å²) in [5.41, 5.74) is 1.49. The number of hydrogen-bond donors (Lipinski definition) is 0. The molecule has 0 bridgehead atoms. The van der Waals surface area contributed by atoms with Crippen LogP contribution in [0.15, 0.2) is 52.3 Å². The number of benzene rings is 2. The standard InChI is InChI=1S/C24H26N2O4S/c1-3-30-24(29)17-11-12-21-19(14-17)26(15-22(27)25-13-7-6-8-16(25)2)23(28)18-9-4-5-10-20(18)31-21/h4-5,9-12,14,16H,3,6-8,13,15H2,1-2H3. The lowest BCUT2D eigenvalue weighted by Gasteiger charge is -2.35. The number of rotatable bonds is 4. The Labute approximate surface area is 186 Å². The number of ether oxygens (including phenoxy) is 1. The molecule has 0 radical (unpaired) electrons. The number of nitrogens with zero attached hydrogens (tertiary/aromatic N) is 2. The Balaban J connectivity index is 1.74. The molecule has 31 heavy (non-hydrogen) atoms. The van der Waals surface area contributed by atoms with Gasteiger partial charge in [0.15, 0.2) is 0 Å². The summed E-state index contributed by atoms with van der Waals surface area (Å²) >= 11 is 1.47. The van der Waals surface area contributed by atoms with Crippen LogP contribution in [0.5, 0.6) is 0 Å². The van der Waals surface area contributed by atoms with Gasteiger partial charge in [-0.15, -0.1) is 0 Å². The lowest BCUT2D eigenvalue weighted by molar-refractivity contribution is -0.132. The number of piperidine rings is 1. The van der Waals surface area contributed by atoms with Gasteiger partial charge in [-0.2, -0.15) is 0 Å². The smallest absolute Gasteiger partial charge is 0.338 e. The van der Waals surface area contributed by atoms with Gasteiger partial charge in [0, 0.05) is 22.4 Å². The average Bonchev–Trinajstić information content (AvgIpc) is 2.88. The zero-order chi connectivity index (χ0) is 22.0. The third-order valence-corrected chi connectivity index (χ3v) is 6.90. The maximum Gasteiger partial charge on any atom is 0.338 e. The highest BCUT2D eigenvalue weighted by Gasteiger charge is 2.32. The number of hydrogen-bond acceptors (Lipinski definition) is 5. The second-order valence-electron chi connectivity index (χ2n) is 7.82. The molecule has 2 aromatic carbocycles. The first kappa shape index (κ1) is 21.4. The van der Waals surface area contributed by atoms with Crippen molar-refractivity contribution >= 4 is 35.2 Å². The summed E-state index contributed by atoms with van der Waals surface area (Å²) in [6, 6.07) is 12.7. The minimum atomic E-state index is -0.444. The summed E-state index contributed by atoms with van der Waals surface area (Å²) in [6.07, 6.45) is 3.07. The van der Waals surface area contributed by atoms with Crippen molar-refractivity contribution in [3.63, 3.8) is 0 Å². The van der Waals surface area contributed by atoms with Crippen molar-refractivity contribution in [1.82, 2.24) is 4.90 Å². The number of fused-ring (bicyclic) bond motifs is 2. The summed E-state index contributed by atoms with van der Waals surface area (Å²) in [6.45, 7) is 4.73. The fourth-order valence-corrected chi connectivity index (χ4v) is 5.17. The van der Waals surface area contributed by atoms with Crippen LogP contribution >= 0.6 is 11.8 Å². The zero-order valence-electron chi connectivity index (χ0n) is 17.8. The van der Waals surface area contributed by atoms with Gasteiger partial charge in [0.2, 0.25) is 5.91 Å². The van der Waals surface area contributed by atoms with E-state index in [1.165, 1.54) is 16.7 Å². The van der Waals surface area contributed by atoms with Gasteiger partial charge < -0.3 is 9.64 Å². The molecule has 2 amide bonds. The zero-order valence-corrected chi connectivity index (χ0v) is 18.6. The van der Waals surface area contributed by atoms with Crippen LogP contribution in [0.25, 0.3) is 0 Å². The molecule has 2 aromatic rings. The second-order valence-corrected chi connectivity index (χ2v) is 8.91. The van der Waals surface area contributed by atoms with E-state index in [4.69, 9.17) is 4.74 Å². The van der Waals surface area contributed by atoms with E-state index in [1.807, 2.05) is 29.2 Å². The Morgan fingerprint density at radius 1 is 1.13 bits per heavy atom. The number of esters is 1. The normalized spacial score (nSPS) is 18.1. The van der Waals surface area contributed by atoms with Crippen LogP contribution in [-0.4, -0.2) is 48.4 Å². The minimum Gasteiger partial charge on any atom is -0.462 e. The topological polar surface area (TPSA) is 66.9 Å². The first-order valence-corrected chi connectivity index (χ1v) is 11.5. The van der Waals surface area contributed by atoms with Gasteiger partial charge in [0.1, 0.15) is 6.54 Å². The highest BCUT2D eigenvalue weighted by molar-refractivity contribution is 7.99. The van der Waals surface area contributed by atoms with Gasteiger partial charge >= 0.3 is 5.97 Å². The Hall–Kier alpha value is -2.80. The lowest BCUT2D eigenvalue weighted by atomic mass is 10.0. The van der Waals surface area contributed by atoms with Crippen molar-refractivity contribution in [2.45, 2.75) is 48.9 Å². The van der Waals surface area contributed by atoms with E-state index in [0.29, 0.717) is 23.4 Å². The van der Waals surface area contributed by atoms with E-state index in [0.717, 1.165) is 29.1 Å². The van der Waals surface area contributed by atoms with E-state index in [9.17, 15) is 14.4 Å². The molecule has 0 saturated carbocycles. The molecule has 2 heterocycles. The monoisotopic (exact) mass is 438 g/mol. The molecule has 1 fully saturated rings. The summed E-state index contributed by atoms with van der Waals surface area (Å²) in [4.78, 5) is 44.1. The molecule has 1 saturated heterocycles. The fraction of sp³-hybridized carbons (Fsp3) is 0.375. The van der Waals surface area contributed by atoms with Gasteiger partial charge in [-0.05, 0) is 63.4 Å². The van der Waals surface area contributed by atoms with Crippen LogP contribution in [0.2, 0.25) is 0 Å². The van der Waals surface area contributed by atoms with E-state index >= 15 is 0 Å². The summed E-state index contributed by atoms with van der Waals surface area (Å²) in [5.74, 6) is -0.751. The SMILES string of the molecule is CCOC(=O)c1ccc2c(c1)N(CC(=O)N1CCCCC1C)C(=O)c1ccccc1S2. The summed E-state index contributed by atoms with van der Waals surface area (Å²) in [7, 11) is 0. The number of carbonyl (C=O) groups excluding carboxylic acids is 3. The molecule has 4 rings (SSSR count). The summed E-state index contributed by atoms with van der Waals surface area (Å²) in [5, 5.41) is 0. The van der Waals surface area contributed by atoms with Crippen molar-refractivity contribution in [1.29, 1.82) is 0 Å². The van der Waals surface area contributed by atoms with Gasteiger partial charge in [-0.25, -0.2) is 4.79 Å². The average molecular weight is 439 g/mol. The van der Waals surface area contributed by atoms with Crippen LogP contribution in [0.3, 0.4) is 0 Å². The van der Waals surface area contributed by atoms with E-state index in [-0.39, 0.29) is 31.0 Å². The maximum absolute atomic E-state index is 13.5. The summed E-state index contributed by atoms with van der Waals surface area (Å²) < 4.78 is 5.14. The van der Waals surface area contributed by atoms with Crippen LogP contribution < -0.4 is 4.90 Å². The van der Waals surface area contributed by atoms with Crippen LogP contribution in [0, 0.1) is 0 Å². The highest BCUT2D eigenvalue weighted by Crippen LogP contribution is 2.41. The molecule has 1 atom stereocenters. The van der Waals surface area contributed by atoms with E-state index < -0.39 is 5.97 Å². The van der Waals surface area contributed by atoms with Crippen molar-refractivity contribution in [3.8, 4) is 0 Å². The number of anilines is 1. The number of likely N-dealkylation sites (tertiary alicyclic amines) is 1. The molecule has 0 spiro atoms. The van der Waals surface area contributed by atoms with Crippen molar-refractivity contribution in [2.75, 3.05) is 24.6 Å². The Kier molecular flexibility index (Phi) is 6.32. The molecular weight excluding hydrogens is 412 g/mol. The molecule has 2 aliphatic rings. The Morgan fingerprint density at radius 2 is 1.94 bits per heavy atom. The van der Waals surface area contributed by atoms with Gasteiger partial charge in [-0.1, -0.05) is 23.9 Å². The third kappa shape index (κ3) is 4.32. The molecule has 0 aliphatic carbocycles. The van der Waals surface area contributed by atoms with Crippen molar-refractivity contribution in [2.24, 2.45) is 0 Å². The third-order valence-electron chi connectivity index (χ3n) is 5.76. The molecule has 0 aromatic heterocycles. The highest BCUT2D eigenvalue weighted by atomic mass is 32.2. The lowest BCUT2D eigenvalue weighted by Crippen LogP contribution is -2.48. The Morgan fingerprint density at radius 3 is 2.71 bits per heavy atom. The maximum atomic E-state index is 13.5.